The number of primary amides is 1. The first-order chi connectivity index (χ1) is 40.7. The molecule has 0 spiro atoms. The lowest BCUT2D eigenvalue weighted by atomic mass is 10.1. The molecule has 1 unspecified atom stereocenters. The number of fused-ring (bicyclic) bond motifs is 1. The lowest BCUT2D eigenvalue weighted by molar-refractivity contribution is -0.146. The number of benzene rings is 1. The maximum absolute atomic E-state index is 14.5. The number of aliphatic imine (C=N–C) groups is 2. The predicted octanol–water partition coefficient (Wildman–Crippen LogP) is -7.91. The molecular formula is C50H80N20O14S2. The van der Waals surface area contributed by atoms with Gasteiger partial charge in [0.2, 0.25) is 65.0 Å². The van der Waals surface area contributed by atoms with Gasteiger partial charge >= 0.3 is 5.97 Å². The van der Waals surface area contributed by atoms with Crippen LogP contribution in [0.5, 0.6) is 0 Å². The zero-order valence-corrected chi connectivity index (χ0v) is 49.4. The number of likely N-dealkylation sites (tertiary alicyclic amines) is 1. The summed E-state index contributed by atoms with van der Waals surface area (Å²) in [6.07, 6.45) is -0.840. The average Bonchev–Trinajstić information content (AvgIpc) is 3.36. The lowest BCUT2D eigenvalue weighted by Gasteiger charge is -2.30. The number of likely N-dealkylation sites (N-methyl/N-ethyl adjacent to an activating group) is 1. The first-order valence-corrected chi connectivity index (χ1v) is 29.6. The maximum atomic E-state index is 14.5. The van der Waals surface area contributed by atoms with Crippen molar-refractivity contribution in [1.82, 2.24) is 57.7 Å². The third kappa shape index (κ3) is 24.2. The normalized spacial score (nSPS) is 15.9. The van der Waals surface area contributed by atoms with Crippen molar-refractivity contribution in [3.63, 3.8) is 0 Å². The quantitative estimate of drug-likeness (QED) is 0.0129. The molecular weight excluding hydrogens is 1170 g/mol. The second kappa shape index (κ2) is 36.4. The number of carbonyl (C=O) groups excluding carboxylic acids is 11. The molecule has 86 heavy (non-hydrogen) atoms. The Morgan fingerprint density at radius 1 is 0.674 bits per heavy atom. The number of nitrogens with one attached hydrogen (secondary N) is 10. The highest BCUT2D eigenvalue weighted by molar-refractivity contribution is 8.76. The van der Waals surface area contributed by atoms with Crippen LogP contribution in [0.3, 0.4) is 0 Å². The van der Waals surface area contributed by atoms with Gasteiger partial charge in [-0.25, -0.2) is 0 Å². The van der Waals surface area contributed by atoms with E-state index in [-0.39, 0.29) is 88.0 Å². The van der Waals surface area contributed by atoms with Crippen LogP contribution >= 0.6 is 21.6 Å². The first kappa shape index (κ1) is 71.8. The van der Waals surface area contributed by atoms with Crippen molar-refractivity contribution in [3.05, 3.63) is 36.0 Å². The second-order valence-corrected chi connectivity index (χ2v) is 22.3. The molecule has 2 heterocycles. The van der Waals surface area contributed by atoms with Gasteiger partial charge in [-0.15, -0.1) is 0 Å². The smallest absolute Gasteiger partial charge is 0.305 e. The van der Waals surface area contributed by atoms with E-state index >= 15 is 0 Å². The van der Waals surface area contributed by atoms with Crippen molar-refractivity contribution in [2.75, 3.05) is 51.3 Å². The molecule has 0 saturated carbocycles. The van der Waals surface area contributed by atoms with Gasteiger partial charge in [-0.05, 0) is 69.9 Å². The summed E-state index contributed by atoms with van der Waals surface area (Å²) in [6.45, 7) is 1.31. The molecule has 1 fully saturated rings. The number of rotatable bonds is 37. The number of H-pyrrole nitrogens is 1. The second-order valence-electron chi connectivity index (χ2n) is 19.7. The van der Waals surface area contributed by atoms with Gasteiger partial charge in [-0.1, -0.05) is 39.8 Å². The van der Waals surface area contributed by atoms with E-state index in [0.29, 0.717) is 11.2 Å². The molecule has 3 rings (SSSR count). The predicted molar refractivity (Wildman–Crippen MR) is 318 cm³/mol. The van der Waals surface area contributed by atoms with Crippen LogP contribution in [0.4, 0.5) is 0 Å². The molecule has 1 saturated heterocycles. The van der Waals surface area contributed by atoms with Crippen LogP contribution in [0.25, 0.3) is 10.9 Å². The summed E-state index contributed by atoms with van der Waals surface area (Å²) in [5.74, 6) is -11.9. The van der Waals surface area contributed by atoms with E-state index < -0.39 is 151 Å². The van der Waals surface area contributed by atoms with Crippen LogP contribution in [0.2, 0.25) is 0 Å². The number of nitrogens with two attached hydrogens (primary N) is 7. The summed E-state index contributed by atoms with van der Waals surface area (Å²) in [4.78, 5) is 172. The number of aromatic nitrogens is 1. The van der Waals surface area contributed by atoms with E-state index in [1.165, 1.54) is 20.9 Å². The van der Waals surface area contributed by atoms with Crippen LogP contribution in [0.1, 0.15) is 64.5 Å². The third-order valence-corrected chi connectivity index (χ3v) is 15.4. The van der Waals surface area contributed by atoms with E-state index in [2.05, 4.69) is 62.8 Å². The molecule has 26 N–H and O–H groups in total. The minimum absolute atomic E-state index is 0.0303. The zero-order chi connectivity index (χ0) is 64.2. The van der Waals surface area contributed by atoms with Crippen molar-refractivity contribution in [1.29, 1.82) is 0 Å². The molecule has 1 aliphatic rings. The number of guanidine groups is 2. The van der Waals surface area contributed by atoms with Gasteiger partial charge in [-0.2, -0.15) is 0 Å². The third-order valence-electron chi connectivity index (χ3n) is 13.0. The van der Waals surface area contributed by atoms with Gasteiger partial charge in [0.1, 0.15) is 60.4 Å². The van der Waals surface area contributed by atoms with E-state index in [9.17, 15) is 67.7 Å². The van der Waals surface area contributed by atoms with E-state index in [1.807, 2.05) is 6.07 Å². The molecule has 36 heteroatoms. The Labute approximate surface area is 502 Å². The Morgan fingerprint density at radius 2 is 1.20 bits per heavy atom. The lowest BCUT2D eigenvalue weighted by Crippen LogP contribution is -2.60. The van der Waals surface area contributed by atoms with Gasteiger partial charge in [0, 0.05) is 55.8 Å². The number of carboxylic acid groups (broad SMARTS) is 1. The van der Waals surface area contributed by atoms with Crippen molar-refractivity contribution in [2.45, 2.75) is 126 Å². The molecule has 1 aliphatic heterocycles. The molecule has 34 nitrogen and oxygen atoms in total. The number of aromatic amines is 1. The van der Waals surface area contributed by atoms with Gasteiger partial charge in [-0.3, -0.25) is 67.5 Å². The molecule has 11 amide bonds. The molecule has 0 bridgehead atoms. The Balaban J connectivity index is 2.00. The number of carboxylic acids is 1. The molecule has 0 aliphatic carbocycles. The highest BCUT2D eigenvalue weighted by Gasteiger charge is 2.41. The van der Waals surface area contributed by atoms with Crippen molar-refractivity contribution >= 4 is 115 Å². The highest BCUT2D eigenvalue weighted by atomic mass is 33.1. The molecule has 1 aromatic carbocycles. The fourth-order valence-electron chi connectivity index (χ4n) is 8.36. The Morgan fingerprint density at radius 3 is 1.76 bits per heavy atom. The maximum Gasteiger partial charge on any atom is 0.305 e. The minimum Gasteiger partial charge on any atom is -0.481 e. The Kier molecular flexibility index (Phi) is 30.4. The van der Waals surface area contributed by atoms with E-state index in [4.69, 9.17) is 40.1 Å². The number of aliphatic hydroxyl groups is 1. The SMILES string of the molecule is CNC(=O)[C@H](CSSC[C@H](NC(=O)[C@H](CCCN=C(N)N)NC(=O)C1CCCN1C(=O)[C@H](CC(=O)O)NC(=O)[C@@H](N)CO)C(=O)N[C@@H](C)C(=O)N[C@@H](Cc1cc2ccccc2[nH]1)C(=O)N[C@@H](CCCN=C(N)N)C(=O)N[C@@H](C)C(N)=O)NC(=O)CN. The number of hydrogen-bond acceptors (Lipinski definition) is 19. The zero-order valence-electron chi connectivity index (χ0n) is 47.8. The van der Waals surface area contributed by atoms with E-state index in [0.717, 1.165) is 31.9 Å². The Hall–Kier alpha value is -8.48. The largest absolute Gasteiger partial charge is 0.481 e. The number of amides is 11. The number of carbonyl (C=O) groups is 12. The number of aliphatic hydroxyl groups excluding tert-OH is 1. The minimum atomic E-state index is -1.71. The van der Waals surface area contributed by atoms with Gasteiger partial charge in [0.25, 0.3) is 0 Å². The van der Waals surface area contributed by atoms with Crippen LogP contribution < -0.4 is 88.0 Å². The summed E-state index contributed by atoms with van der Waals surface area (Å²) in [5, 5.41) is 42.3. The summed E-state index contributed by atoms with van der Waals surface area (Å²) >= 11 is 0. The van der Waals surface area contributed by atoms with Crippen LogP contribution in [-0.4, -0.2) is 215 Å². The summed E-state index contributed by atoms with van der Waals surface area (Å²) in [6, 6.07) is -5.16. The Bertz CT molecular complexity index is 2750. The molecule has 10 atom stereocenters. The molecule has 0 radical (unpaired) electrons. The van der Waals surface area contributed by atoms with Crippen molar-refractivity contribution in [2.24, 2.45) is 50.1 Å². The average molecular weight is 1250 g/mol. The number of nitrogens with zero attached hydrogens (tertiary/aromatic N) is 3. The van der Waals surface area contributed by atoms with Gasteiger partial charge in [0.05, 0.1) is 19.6 Å². The van der Waals surface area contributed by atoms with Gasteiger partial charge in [0.15, 0.2) is 11.9 Å². The fraction of sp³-hybridized carbons (Fsp3) is 0.560. The summed E-state index contributed by atoms with van der Waals surface area (Å²) in [7, 11) is 3.31. The first-order valence-electron chi connectivity index (χ1n) is 27.1. The molecule has 476 valence electrons. The van der Waals surface area contributed by atoms with Crippen molar-refractivity contribution < 1.29 is 67.7 Å². The summed E-state index contributed by atoms with van der Waals surface area (Å²) < 4.78 is 0. The van der Waals surface area contributed by atoms with Crippen LogP contribution in [0.15, 0.2) is 40.3 Å². The molecule has 1 aromatic heterocycles. The standard InChI is InChI=1S/C50H80N20O14S2/c1-24(39(53)75)61-43(79)30(11-6-14-59-49(54)55)65-45(81)32(18-27-17-26-9-4-5-10-29(26)63-27)67-40(76)25(2)62-46(82)35(23-86-85-22-34(42(78)58-3)64-37(72)20-51)69-44(80)31(12-7-15-60-50(56)57)66-47(83)36-13-8-16-70(36)48(84)33(19-38(73)74)68-41(77)28(52)21-71/h4-5,9-10,17,24-25,28,30-36,63,71H,6-8,11-16,18-23,51-52H2,1-3H3,(H2,53,75)(H,58,78)(H,61,79)(H,62,82)(H,64,72)(H,65,81)(H,66,83)(H,67,76)(H,68,77)(H,69,80)(H,73,74)(H4,54,55,59)(H4,56,57,60)/t24-,25-,28-,30-,31-,32-,33-,34-,35-,36?/m0/s1. The monoisotopic (exact) mass is 1250 g/mol. The van der Waals surface area contributed by atoms with Gasteiger partial charge < -0.3 is 108 Å². The topological polar surface area (TPSA) is 579 Å². The fourth-order valence-corrected chi connectivity index (χ4v) is 10.7. The number of aliphatic carboxylic acids is 1. The van der Waals surface area contributed by atoms with E-state index in [1.54, 1.807) is 24.3 Å². The van der Waals surface area contributed by atoms with Crippen molar-refractivity contribution in [3.8, 4) is 0 Å². The molecule has 2 aromatic rings. The van der Waals surface area contributed by atoms with Crippen LogP contribution in [0, 0.1) is 0 Å². The van der Waals surface area contributed by atoms with Crippen LogP contribution in [-0.2, 0) is 64.0 Å². The number of hydrogen-bond donors (Lipinski definition) is 19. The number of para-hydroxylation sites is 1. The highest BCUT2D eigenvalue weighted by Crippen LogP contribution is 2.24. The summed E-state index contributed by atoms with van der Waals surface area (Å²) in [5.41, 5.74) is 39.6.